The van der Waals surface area contributed by atoms with Crippen molar-refractivity contribution in [2.45, 2.75) is 76.4 Å². The average molecular weight is 310 g/mol. The number of likely N-dealkylation sites (tertiary alicyclic amines) is 1. The quantitative estimate of drug-likeness (QED) is 0.732. The second kappa shape index (κ2) is 8.36. The zero-order valence-electron chi connectivity index (χ0n) is 13.6. The van der Waals surface area contributed by atoms with Gasteiger partial charge in [0, 0.05) is 37.6 Å². The van der Waals surface area contributed by atoms with Gasteiger partial charge in [0.25, 0.3) is 0 Å². The molecule has 1 saturated carbocycles. The summed E-state index contributed by atoms with van der Waals surface area (Å²) in [6.07, 6.45) is 7.95. The Labute approximate surface area is 133 Å². The second-order valence-electron chi connectivity index (χ2n) is 6.79. The van der Waals surface area contributed by atoms with E-state index in [0.717, 1.165) is 25.7 Å². The number of piperidine rings is 1. The Morgan fingerprint density at radius 3 is 2.14 bits per heavy atom. The van der Waals surface area contributed by atoms with Crippen LogP contribution in [0.15, 0.2) is 0 Å². The van der Waals surface area contributed by atoms with E-state index >= 15 is 0 Å². The summed E-state index contributed by atoms with van der Waals surface area (Å²) in [5, 5.41) is 6.13. The van der Waals surface area contributed by atoms with Crippen molar-refractivity contribution < 1.29 is 9.59 Å². The average Bonchev–Trinajstić information content (AvgIpc) is 2.48. The highest BCUT2D eigenvalue weighted by Crippen LogP contribution is 2.17. The lowest BCUT2D eigenvalue weighted by Crippen LogP contribution is -2.51. The van der Waals surface area contributed by atoms with Crippen molar-refractivity contribution in [1.29, 1.82) is 0 Å². The van der Waals surface area contributed by atoms with Gasteiger partial charge in [-0.3, -0.25) is 4.79 Å². The summed E-state index contributed by atoms with van der Waals surface area (Å²) < 4.78 is 0. The van der Waals surface area contributed by atoms with Crippen LogP contribution in [-0.4, -0.2) is 48.1 Å². The molecule has 2 rings (SSSR count). The molecule has 0 aromatic rings. The van der Waals surface area contributed by atoms with Crippen LogP contribution >= 0.6 is 0 Å². The number of nitrogens with one attached hydrogen (secondary N) is 2. The minimum absolute atomic E-state index is 0.0488. The molecule has 0 spiro atoms. The van der Waals surface area contributed by atoms with Crippen LogP contribution in [0.5, 0.6) is 0 Å². The molecule has 0 aromatic carbocycles. The van der Waals surface area contributed by atoms with Crippen LogP contribution in [0.1, 0.15) is 58.3 Å². The molecule has 3 amide bonds. The number of rotatable bonds is 4. The molecule has 1 atom stereocenters. The highest BCUT2D eigenvalue weighted by atomic mass is 16.2. The summed E-state index contributed by atoms with van der Waals surface area (Å²) in [5.74, 6) is 0.125. The molecule has 1 aliphatic heterocycles. The van der Waals surface area contributed by atoms with Crippen LogP contribution in [-0.2, 0) is 4.79 Å². The summed E-state index contributed by atoms with van der Waals surface area (Å²) in [7, 11) is 0. The van der Waals surface area contributed by atoms with Gasteiger partial charge in [-0.05, 0) is 32.6 Å². The van der Waals surface area contributed by atoms with Crippen molar-refractivity contribution in [3.05, 3.63) is 0 Å². The molecule has 0 bridgehead atoms. The summed E-state index contributed by atoms with van der Waals surface area (Å²) in [4.78, 5) is 25.8. The molecule has 2 aliphatic rings. The molecule has 0 aromatic heterocycles. The molecule has 2 fully saturated rings. The van der Waals surface area contributed by atoms with Crippen LogP contribution in [0.3, 0.4) is 0 Å². The molecule has 4 N–H and O–H groups in total. The lowest BCUT2D eigenvalue weighted by Gasteiger charge is -2.33. The monoisotopic (exact) mass is 310 g/mol. The first-order valence-corrected chi connectivity index (χ1v) is 8.65. The van der Waals surface area contributed by atoms with Gasteiger partial charge < -0.3 is 21.3 Å². The van der Waals surface area contributed by atoms with Crippen LogP contribution < -0.4 is 16.4 Å². The predicted octanol–water partition coefficient (Wildman–Crippen LogP) is 1.35. The van der Waals surface area contributed by atoms with Crippen molar-refractivity contribution in [1.82, 2.24) is 15.5 Å². The minimum atomic E-state index is -0.0929. The lowest BCUT2D eigenvalue weighted by molar-refractivity contribution is -0.132. The first-order valence-electron chi connectivity index (χ1n) is 8.65. The molecule has 1 aliphatic carbocycles. The zero-order valence-corrected chi connectivity index (χ0v) is 13.6. The SMILES string of the molecule is CC(N)CC(=O)N1CCC(NC(=O)NC2CCCCC2)CC1. The van der Waals surface area contributed by atoms with Gasteiger partial charge in [0.1, 0.15) is 0 Å². The third-order valence-electron chi connectivity index (χ3n) is 4.62. The Morgan fingerprint density at radius 2 is 1.59 bits per heavy atom. The van der Waals surface area contributed by atoms with Gasteiger partial charge in [-0.1, -0.05) is 19.3 Å². The van der Waals surface area contributed by atoms with E-state index in [1.54, 1.807) is 0 Å². The van der Waals surface area contributed by atoms with E-state index in [9.17, 15) is 9.59 Å². The van der Waals surface area contributed by atoms with E-state index in [1.165, 1.54) is 19.3 Å². The smallest absolute Gasteiger partial charge is 0.315 e. The summed E-state index contributed by atoms with van der Waals surface area (Å²) in [5.41, 5.74) is 5.67. The Kier molecular flexibility index (Phi) is 6.49. The van der Waals surface area contributed by atoms with Crippen molar-refractivity contribution in [2.24, 2.45) is 5.73 Å². The van der Waals surface area contributed by atoms with E-state index < -0.39 is 0 Å². The summed E-state index contributed by atoms with van der Waals surface area (Å²) in [6, 6.07) is 0.362. The summed E-state index contributed by atoms with van der Waals surface area (Å²) in [6.45, 7) is 3.27. The third kappa shape index (κ3) is 5.48. The van der Waals surface area contributed by atoms with Gasteiger partial charge in [-0.2, -0.15) is 0 Å². The number of nitrogens with two attached hydrogens (primary N) is 1. The van der Waals surface area contributed by atoms with Gasteiger partial charge in [-0.25, -0.2) is 4.79 Å². The Hall–Kier alpha value is -1.30. The van der Waals surface area contributed by atoms with Crippen LogP contribution in [0.25, 0.3) is 0 Å². The normalized spacial score (nSPS) is 22.2. The van der Waals surface area contributed by atoms with Gasteiger partial charge in [0.2, 0.25) is 5.91 Å². The highest BCUT2D eigenvalue weighted by molar-refractivity contribution is 5.77. The first kappa shape index (κ1) is 17.1. The first-order chi connectivity index (χ1) is 10.5. The molecule has 22 heavy (non-hydrogen) atoms. The van der Waals surface area contributed by atoms with E-state index in [-0.39, 0.29) is 24.0 Å². The maximum Gasteiger partial charge on any atom is 0.315 e. The zero-order chi connectivity index (χ0) is 15.9. The van der Waals surface area contributed by atoms with Crippen LogP contribution in [0, 0.1) is 0 Å². The van der Waals surface area contributed by atoms with Crippen molar-refractivity contribution >= 4 is 11.9 Å². The molecule has 1 heterocycles. The van der Waals surface area contributed by atoms with E-state index in [2.05, 4.69) is 10.6 Å². The topological polar surface area (TPSA) is 87.5 Å². The number of nitrogens with zero attached hydrogens (tertiary/aromatic N) is 1. The molecule has 6 heteroatoms. The van der Waals surface area contributed by atoms with E-state index in [4.69, 9.17) is 5.73 Å². The maximum atomic E-state index is 12.0. The van der Waals surface area contributed by atoms with E-state index in [0.29, 0.717) is 25.6 Å². The number of urea groups is 1. The fraction of sp³-hybridized carbons (Fsp3) is 0.875. The third-order valence-corrected chi connectivity index (χ3v) is 4.62. The Morgan fingerprint density at radius 1 is 1.05 bits per heavy atom. The van der Waals surface area contributed by atoms with Crippen molar-refractivity contribution in [2.75, 3.05) is 13.1 Å². The molecule has 6 nitrogen and oxygen atoms in total. The Bertz CT molecular complexity index is 372. The molecular formula is C16H30N4O2. The molecule has 0 radical (unpaired) electrons. The molecular weight excluding hydrogens is 280 g/mol. The number of amides is 3. The fourth-order valence-electron chi connectivity index (χ4n) is 3.34. The number of carbonyl (C=O) groups excluding carboxylic acids is 2. The fourth-order valence-corrected chi connectivity index (χ4v) is 3.34. The highest BCUT2D eigenvalue weighted by Gasteiger charge is 2.25. The maximum absolute atomic E-state index is 12.0. The predicted molar refractivity (Wildman–Crippen MR) is 86.4 cm³/mol. The van der Waals surface area contributed by atoms with Crippen LogP contribution in [0.2, 0.25) is 0 Å². The minimum Gasteiger partial charge on any atom is -0.342 e. The number of hydrogen-bond acceptors (Lipinski definition) is 3. The molecule has 1 unspecified atom stereocenters. The van der Waals surface area contributed by atoms with Gasteiger partial charge in [-0.15, -0.1) is 0 Å². The van der Waals surface area contributed by atoms with E-state index in [1.807, 2.05) is 11.8 Å². The van der Waals surface area contributed by atoms with Gasteiger partial charge >= 0.3 is 6.03 Å². The summed E-state index contributed by atoms with van der Waals surface area (Å²) >= 11 is 0. The molecule has 126 valence electrons. The second-order valence-corrected chi connectivity index (χ2v) is 6.79. The largest absolute Gasteiger partial charge is 0.342 e. The van der Waals surface area contributed by atoms with Crippen molar-refractivity contribution in [3.8, 4) is 0 Å². The van der Waals surface area contributed by atoms with Crippen molar-refractivity contribution in [3.63, 3.8) is 0 Å². The lowest BCUT2D eigenvalue weighted by atomic mass is 9.96. The Balaban J connectivity index is 1.66. The van der Waals surface area contributed by atoms with Gasteiger partial charge in [0.05, 0.1) is 0 Å². The number of hydrogen-bond donors (Lipinski definition) is 3. The molecule has 1 saturated heterocycles. The standard InChI is InChI=1S/C16H30N4O2/c1-12(17)11-15(21)20-9-7-14(8-10-20)19-16(22)18-13-5-3-2-4-6-13/h12-14H,2-11,17H2,1H3,(H2,18,19,22). The van der Waals surface area contributed by atoms with Crippen LogP contribution in [0.4, 0.5) is 4.79 Å². The van der Waals surface area contributed by atoms with Gasteiger partial charge in [0.15, 0.2) is 0 Å². The number of carbonyl (C=O) groups is 2.